The van der Waals surface area contributed by atoms with Gasteiger partial charge in [-0.25, -0.2) is 0 Å². The Bertz CT molecular complexity index is 84.9. The van der Waals surface area contributed by atoms with Crippen molar-refractivity contribution in [2.75, 3.05) is 6.61 Å². The quantitative estimate of drug-likeness (QED) is 0.567. The fourth-order valence-electron chi connectivity index (χ4n) is 1.46. The number of hydrogen-bond donors (Lipinski definition) is 0. The third-order valence-corrected chi connectivity index (χ3v) is 2.22. The summed E-state index contributed by atoms with van der Waals surface area (Å²) < 4.78 is 5.69. The van der Waals surface area contributed by atoms with Crippen LogP contribution in [0.2, 0.25) is 0 Å². The molecule has 1 radical (unpaired) electrons. The van der Waals surface area contributed by atoms with Crippen LogP contribution in [0.3, 0.4) is 0 Å². The van der Waals surface area contributed by atoms with Gasteiger partial charge in [-0.3, -0.25) is 0 Å². The Hall–Kier alpha value is -0.0400. The van der Waals surface area contributed by atoms with Gasteiger partial charge in [0, 0.05) is 6.61 Å². The van der Waals surface area contributed by atoms with Crippen LogP contribution in [0.15, 0.2) is 0 Å². The molecule has 0 N–H and O–H groups in total. The lowest BCUT2D eigenvalue weighted by Crippen LogP contribution is -2.17. The van der Waals surface area contributed by atoms with Crippen LogP contribution >= 0.6 is 0 Å². The second-order valence-corrected chi connectivity index (χ2v) is 3.30. The zero-order valence-electron chi connectivity index (χ0n) is 7.51. The molecule has 1 rings (SSSR count). The molecular weight excluding hydrogens is 136 g/mol. The topological polar surface area (TPSA) is 9.23 Å². The molecule has 1 unspecified atom stereocenters. The number of hydrogen-bond acceptors (Lipinski definition) is 1. The van der Waals surface area contributed by atoms with Crippen molar-refractivity contribution in [3.05, 3.63) is 6.42 Å². The molecule has 0 spiro atoms. The van der Waals surface area contributed by atoms with Gasteiger partial charge in [-0.2, -0.15) is 0 Å². The molecule has 1 fully saturated rings. The third-order valence-electron chi connectivity index (χ3n) is 2.22. The Balaban J connectivity index is 1.96. The summed E-state index contributed by atoms with van der Waals surface area (Å²) in [5, 5.41) is 0. The van der Waals surface area contributed by atoms with Gasteiger partial charge in [-0.1, -0.05) is 19.8 Å². The van der Waals surface area contributed by atoms with Crippen LogP contribution in [0.4, 0.5) is 0 Å². The van der Waals surface area contributed by atoms with Gasteiger partial charge in [0.15, 0.2) is 0 Å². The summed E-state index contributed by atoms with van der Waals surface area (Å²) in [5.74, 6) is 0. The van der Waals surface area contributed by atoms with Crippen molar-refractivity contribution in [3.63, 3.8) is 0 Å². The van der Waals surface area contributed by atoms with E-state index in [4.69, 9.17) is 4.74 Å². The maximum absolute atomic E-state index is 5.69. The van der Waals surface area contributed by atoms with E-state index in [-0.39, 0.29) is 0 Å². The van der Waals surface area contributed by atoms with Gasteiger partial charge in [0.2, 0.25) is 0 Å². The van der Waals surface area contributed by atoms with Crippen molar-refractivity contribution in [2.45, 2.75) is 51.6 Å². The average Bonchev–Trinajstić information content (AvgIpc) is 2.07. The highest BCUT2D eigenvalue weighted by Gasteiger charge is 2.12. The first kappa shape index (κ1) is 9.05. The van der Waals surface area contributed by atoms with Crippen molar-refractivity contribution in [2.24, 2.45) is 0 Å². The van der Waals surface area contributed by atoms with Crippen molar-refractivity contribution >= 4 is 0 Å². The second-order valence-electron chi connectivity index (χ2n) is 3.30. The van der Waals surface area contributed by atoms with Gasteiger partial charge in [-0.15, -0.1) is 0 Å². The molecule has 1 atom stereocenters. The summed E-state index contributed by atoms with van der Waals surface area (Å²) in [5.41, 5.74) is 0. The van der Waals surface area contributed by atoms with Crippen molar-refractivity contribution < 1.29 is 4.74 Å². The largest absolute Gasteiger partial charge is 0.378 e. The minimum atomic E-state index is 0.551. The summed E-state index contributed by atoms with van der Waals surface area (Å²) in [4.78, 5) is 0. The smallest absolute Gasteiger partial charge is 0.0577 e. The van der Waals surface area contributed by atoms with Gasteiger partial charge in [-0.05, 0) is 32.1 Å². The summed E-state index contributed by atoms with van der Waals surface area (Å²) >= 11 is 0. The minimum absolute atomic E-state index is 0.551. The molecular formula is C10H19O. The zero-order chi connectivity index (χ0) is 7.94. The van der Waals surface area contributed by atoms with E-state index in [0.29, 0.717) is 6.10 Å². The average molecular weight is 155 g/mol. The lowest BCUT2D eigenvalue weighted by molar-refractivity contribution is 0.0368. The standard InChI is InChI=1S/C10H19O/c1-2-3-9-11-10-7-5-4-6-8-10/h5,10H,2-4,6-9H2,1H3. The Morgan fingerprint density at radius 1 is 1.55 bits per heavy atom. The van der Waals surface area contributed by atoms with Gasteiger partial charge in [0.1, 0.15) is 0 Å². The predicted molar refractivity (Wildman–Crippen MR) is 47.4 cm³/mol. The normalized spacial score (nSPS) is 20.5. The summed E-state index contributed by atoms with van der Waals surface area (Å²) in [7, 11) is 0. The number of ether oxygens (including phenoxy) is 1. The Kier molecular flexibility index (Phi) is 4.60. The second kappa shape index (κ2) is 5.59. The van der Waals surface area contributed by atoms with E-state index in [9.17, 15) is 0 Å². The monoisotopic (exact) mass is 155 g/mol. The molecule has 0 aliphatic heterocycles. The molecule has 1 nitrogen and oxygen atoms in total. The van der Waals surface area contributed by atoms with Gasteiger partial charge < -0.3 is 4.74 Å². The lowest BCUT2D eigenvalue weighted by Gasteiger charge is -2.21. The van der Waals surface area contributed by atoms with Crippen molar-refractivity contribution in [3.8, 4) is 0 Å². The lowest BCUT2D eigenvalue weighted by atomic mass is 9.98. The van der Waals surface area contributed by atoms with Gasteiger partial charge in [0.05, 0.1) is 6.10 Å². The number of unbranched alkanes of at least 4 members (excludes halogenated alkanes) is 1. The fraction of sp³-hybridized carbons (Fsp3) is 0.900. The molecule has 0 bridgehead atoms. The Morgan fingerprint density at radius 2 is 2.45 bits per heavy atom. The van der Waals surface area contributed by atoms with Gasteiger partial charge in [0.25, 0.3) is 0 Å². The molecule has 1 saturated carbocycles. The molecule has 0 amide bonds. The van der Waals surface area contributed by atoms with Crippen molar-refractivity contribution in [1.82, 2.24) is 0 Å². The molecule has 0 saturated heterocycles. The molecule has 1 aliphatic rings. The highest BCUT2D eigenvalue weighted by Crippen LogP contribution is 2.19. The van der Waals surface area contributed by atoms with E-state index < -0.39 is 0 Å². The zero-order valence-corrected chi connectivity index (χ0v) is 7.51. The molecule has 11 heavy (non-hydrogen) atoms. The first-order valence-electron chi connectivity index (χ1n) is 4.86. The minimum Gasteiger partial charge on any atom is -0.378 e. The van der Waals surface area contributed by atoms with E-state index in [0.717, 1.165) is 6.61 Å². The number of rotatable bonds is 4. The van der Waals surface area contributed by atoms with Crippen LogP contribution in [0.5, 0.6) is 0 Å². The highest BCUT2D eigenvalue weighted by atomic mass is 16.5. The molecule has 65 valence electrons. The third kappa shape index (κ3) is 3.76. The Labute approximate surface area is 70.1 Å². The van der Waals surface area contributed by atoms with E-state index in [1.807, 2.05) is 0 Å². The van der Waals surface area contributed by atoms with Gasteiger partial charge >= 0.3 is 0 Å². The molecule has 0 aromatic rings. The Morgan fingerprint density at radius 3 is 3.09 bits per heavy atom. The van der Waals surface area contributed by atoms with Crippen LogP contribution < -0.4 is 0 Å². The van der Waals surface area contributed by atoms with Crippen LogP contribution in [0.25, 0.3) is 0 Å². The fourth-order valence-corrected chi connectivity index (χ4v) is 1.46. The first-order chi connectivity index (χ1) is 5.43. The molecule has 0 aromatic carbocycles. The highest BCUT2D eigenvalue weighted by molar-refractivity contribution is 4.77. The molecule has 0 aromatic heterocycles. The van der Waals surface area contributed by atoms with E-state index in [1.54, 1.807) is 0 Å². The van der Waals surface area contributed by atoms with Crippen LogP contribution in [0, 0.1) is 6.42 Å². The van der Waals surface area contributed by atoms with Crippen LogP contribution in [-0.2, 0) is 4.74 Å². The molecule has 1 aliphatic carbocycles. The van der Waals surface area contributed by atoms with Crippen LogP contribution in [0.1, 0.15) is 45.4 Å². The SMILES string of the molecule is CCCCOC1C[CH]CCC1. The summed E-state index contributed by atoms with van der Waals surface area (Å²) in [6, 6.07) is 0. The maximum Gasteiger partial charge on any atom is 0.0577 e. The summed E-state index contributed by atoms with van der Waals surface area (Å²) in [6.07, 6.45) is 10.5. The van der Waals surface area contributed by atoms with E-state index in [2.05, 4.69) is 13.3 Å². The van der Waals surface area contributed by atoms with Crippen molar-refractivity contribution in [1.29, 1.82) is 0 Å². The van der Waals surface area contributed by atoms with E-state index in [1.165, 1.54) is 38.5 Å². The maximum atomic E-state index is 5.69. The summed E-state index contributed by atoms with van der Waals surface area (Å²) in [6.45, 7) is 3.17. The van der Waals surface area contributed by atoms with E-state index >= 15 is 0 Å². The first-order valence-corrected chi connectivity index (χ1v) is 4.86. The molecule has 0 heterocycles. The molecule has 1 heteroatoms. The predicted octanol–water partition coefficient (Wildman–Crippen LogP) is 2.95. The van der Waals surface area contributed by atoms with Crippen LogP contribution in [-0.4, -0.2) is 12.7 Å².